The molecule has 2 aliphatic heterocycles. The lowest BCUT2D eigenvalue weighted by atomic mass is 10.0. The Bertz CT molecular complexity index is 633. The molecule has 0 bridgehead atoms. The van der Waals surface area contributed by atoms with E-state index in [2.05, 4.69) is 20.4 Å². The van der Waals surface area contributed by atoms with Gasteiger partial charge in [0, 0.05) is 24.9 Å². The zero-order valence-electron chi connectivity index (χ0n) is 12.0. The van der Waals surface area contributed by atoms with Gasteiger partial charge in [0.2, 0.25) is 0 Å². The van der Waals surface area contributed by atoms with Gasteiger partial charge in [-0.05, 0) is 38.3 Å². The van der Waals surface area contributed by atoms with Gasteiger partial charge in [-0.25, -0.2) is 14.6 Å². The highest BCUT2D eigenvalue weighted by Crippen LogP contribution is 2.30. The van der Waals surface area contributed by atoms with Gasteiger partial charge in [-0.1, -0.05) is 0 Å². The van der Waals surface area contributed by atoms with Crippen molar-refractivity contribution in [2.45, 2.75) is 38.5 Å². The molecule has 0 radical (unpaired) electrons. The number of hydrogen-bond acceptors (Lipinski definition) is 5. The zero-order chi connectivity index (χ0) is 14.1. The zero-order valence-corrected chi connectivity index (χ0v) is 12.0. The summed E-state index contributed by atoms with van der Waals surface area (Å²) >= 11 is 0. The van der Waals surface area contributed by atoms with E-state index in [-0.39, 0.29) is 6.23 Å². The van der Waals surface area contributed by atoms with Crippen LogP contribution in [0.25, 0.3) is 11.4 Å². The van der Waals surface area contributed by atoms with E-state index >= 15 is 0 Å². The van der Waals surface area contributed by atoms with Gasteiger partial charge >= 0.3 is 0 Å². The van der Waals surface area contributed by atoms with Gasteiger partial charge in [0.1, 0.15) is 6.33 Å². The van der Waals surface area contributed by atoms with Crippen LogP contribution in [0.4, 0.5) is 0 Å². The van der Waals surface area contributed by atoms with Gasteiger partial charge in [-0.3, -0.25) is 0 Å². The second kappa shape index (κ2) is 5.54. The summed E-state index contributed by atoms with van der Waals surface area (Å²) < 4.78 is 7.86. The first-order chi connectivity index (χ1) is 10.4. The predicted molar refractivity (Wildman–Crippen MR) is 77.5 cm³/mol. The van der Waals surface area contributed by atoms with Crippen molar-refractivity contribution < 1.29 is 4.74 Å². The van der Waals surface area contributed by atoms with Crippen LogP contribution in [0.2, 0.25) is 0 Å². The van der Waals surface area contributed by atoms with Crippen LogP contribution in [0.1, 0.15) is 36.7 Å². The molecule has 1 fully saturated rings. The average Bonchev–Trinajstić information content (AvgIpc) is 3.04. The first-order valence-corrected chi connectivity index (χ1v) is 7.62. The van der Waals surface area contributed by atoms with Crippen molar-refractivity contribution in [3.05, 3.63) is 29.8 Å². The van der Waals surface area contributed by atoms with Crippen LogP contribution >= 0.6 is 0 Å². The molecule has 6 heteroatoms. The fourth-order valence-electron chi connectivity index (χ4n) is 3.15. The molecule has 0 saturated carbocycles. The van der Waals surface area contributed by atoms with Gasteiger partial charge < -0.3 is 10.1 Å². The maximum Gasteiger partial charge on any atom is 0.150 e. The number of aromatic nitrogens is 4. The fourth-order valence-corrected chi connectivity index (χ4v) is 3.15. The van der Waals surface area contributed by atoms with Gasteiger partial charge in [0.05, 0.1) is 17.1 Å². The molecule has 110 valence electrons. The Labute approximate surface area is 123 Å². The third kappa shape index (κ3) is 2.34. The van der Waals surface area contributed by atoms with E-state index in [1.54, 1.807) is 6.33 Å². The monoisotopic (exact) mass is 285 g/mol. The molecule has 1 N–H and O–H groups in total. The molecule has 6 nitrogen and oxygen atoms in total. The second-order valence-electron chi connectivity index (χ2n) is 5.56. The lowest BCUT2D eigenvalue weighted by molar-refractivity contribution is -0.0384. The minimum Gasteiger partial charge on any atom is -0.356 e. The lowest BCUT2D eigenvalue weighted by Crippen LogP contribution is -2.26. The van der Waals surface area contributed by atoms with Crippen molar-refractivity contribution in [2.24, 2.45) is 0 Å². The van der Waals surface area contributed by atoms with E-state index in [9.17, 15) is 0 Å². The standard InChI is InChI=1S/C15H19N5O/c1-2-8-21-14(3-1)20-13(5-7-19-20)15-11-4-6-16-9-12(11)17-10-18-15/h5,7,10,14,16H,1-4,6,8-9H2. The molecule has 0 spiro atoms. The summed E-state index contributed by atoms with van der Waals surface area (Å²) in [5, 5.41) is 7.83. The highest BCUT2D eigenvalue weighted by atomic mass is 16.5. The summed E-state index contributed by atoms with van der Waals surface area (Å²) in [5.41, 5.74) is 4.40. The largest absolute Gasteiger partial charge is 0.356 e. The van der Waals surface area contributed by atoms with Crippen LogP contribution in [0, 0.1) is 0 Å². The minimum atomic E-state index is 0.0380. The van der Waals surface area contributed by atoms with Gasteiger partial charge in [-0.15, -0.1) is 0 Å². The summed E-state index contributed by atoms with van der Waals surface area (Å²) in [5.74, 6) is 0. The third-order valence-corrected chi connectivity index (χ3v) is 4.22. The molecule has 21 heavy (non-hydrogen) atoms. The van der Waals surface area contributed by atoms with Crippen molar-refractivity contribution in [3.8, 4) is 11.4 Å². The SMILES string of the molecule is c1nc2c(c(-c3ccnn3C3CCCCO3)n1)CCNC2. The van der Waals surface area contributed by atoms with E-state index < -0.39 is 0 Å². The highest BCUT2D eigenvalue weighted by molar-refractivity contribution is 5.60. The number of nitrogens with one attached hydrogen (secondary N) is 1. The molecule has 0 aromatic carbocycles. The number of fused-ring (bicyclic) bond motifs is 1. The Morgan fingerprint density at radius 1 is 1.29 bits per heavy atom. The molecule has 1 atom stereocenters. The van der Waals surface area contributed by atoms with Gasteiger partial charge in [0.25, 0.3) is 0 Å². The predicted octanol–water partition coefficient (Wildman–Crippen LogP) is 1.68. The van der Waals surface area contributed by atoms with Crippen molar-refractivity contribution in [2.75, 3.05) is 13.2 Å². The molecule has 1 saturated heterocycles. The quantitative estimate of drug-likeness (QED) is 0.909. The van der Waals surface area contributed by atoms with Crippen molar-refractivity contribution >= 4 is 0 Å². The summed E-state index contributed by atoms with van der Waals surface area (Å²) in [6.45, 7) is 2.61. The van der Waals surface area contributed by atoms with Crippen molar-refractivity contribution in [1.29, 1.82) is 0 Å². The average molecular weight is 285 g/mol. The molecule has 1 unspecified atom stereocenters. The number of nitrogens with zero attached hydrogens (tertiary/aromatic N) is 4. The maximum absolute atomic E-state index is 5.87. The topological polar surface area (TPSA) is 64.9 Å². The normalized spacial score (nSPS) is 22.0. The van der Waals surface area contributed by atoms with Crippen LogP contribution in [-0.4, -0.2) is 32.9 Å². The van der Waals surface area contributed by atoms with Crippen LogP contribution in [0.5, 0.6) is 0 Å². The minimum absolute atomic E-state index is 0.0380. The molecular formula is C15H19N5O. The summed E-state index contributed by atoms with van der Waals surface area (Å²) in [4.78, 5) is 8.93. The highest BCUT2D eigenvalue weighted by Gasteiger charge is 2.23. The van der Waals surface area contributed by atoms with Crippen molar-refractivity contribution in [1.82, 2.24) is 25.1 Å². The molecule has 0 amide bonds. The first-order valence-electron chi connectivity index (χ1n) is 7.62. The number of ether oxygens (including phenoxy) is 1. The van der Waals surface area contributed by atoms with E-state index in [1.807, 2.05) is 16.9 Å². The van der Waals surface area contributed by atoms with E-state index in [0.717, 1.165) is 56.0 Å². The molecule has 2 aromatic rings. The third-order valence-electron chi connectivity index (χ3n) is 4.22. The Kier molecular flexibility index (Phi) is 3.40. The Balaban J connectivity index is 1.76. The van der Waals surface area contributed by atoms with E-state index in [1.165, 1.54) is 12.0 Å². The molecule has 4 rings (SSSR count). The number of hydrogen-bond donors (Lipinski definition) is 1. The Morgan fingerprint density at radius 2 is 2.29 bits per heavy atom. The van der Waals surface area contributed by atoms with Crippen LogP contribution in [0.3, 0.4) is 0 Å². The summed E-state index contributed by atoms with van der Waals surface area (Å²) in [6.07, 6.45) is 7.84. The number of rotatable bonds is 2. The smallest absolute Gasteiger partial charge is 0.150 e. The van der Waals surface area contributed by atoms with Crippen LogP contribution in [0.15, 0.2) is 18.6 Å². The van der Waals surface area contributed by atoms with E-state index in [0.29, 0.717) is 0 Å². The molecule has 2 aromatic heterocycles. The van der Waals surface area contributed by atoms with Crippen molar-refractivity contribution in [3.63, 3.8) is 0 Å². The molecular weight excluding hydrogens is 266 g/mol. The Morgan fingerprint density at radius 3 is 3.19 bits per heavy atom. The Hall–Kier alpha value is -1.79. The molecule has 4 heterocycles. The van der Waals surface area contributed by atoms with Crippen LogP contribution < -0.4 is 5.32 Å². The van der Waals surface area contributed by atoms with Gasteiger partial charge in [0.15, 0.2) is 6.23 Å². The maximum atomic E-state index is 5.87. The van der Waals surface area contributed by atoms with E-state index in [4.69, 9.17) is 4.74 Å². The van der Waals surface area contributed by atoms with Gasteiger partial charge in [-0.2, -0.15) is 5.10 Å². The van der Waals surface area contributed by atoms with Crippen LogP contribution in [-0.2, 0) is 17.7 Å². The fraction of sp³-hybridized carbons (Fsp3) is 0.533. The molecule has 2 aliphatic rings. The lowest BCUT2D eigenvalue weighted by Gasteiger charge is -2.25. The summed E-state index contributed by atoms with van der Waals surface area (Å²) in [6, 6.07) is 2.03. The summed E-state index contributed by atoms with van der Waals surface area (Å²) in [7, 11) is 0. The molecule has 0 aliphatic carbocycles. The second-order valence-corrected chi connectivity index (χ2v) is 5.56. The first kappa shape index (κ1) is 12.9.